The first kappa shape index (κ1) is 20.1. The van der Waals surface area contributed by atoms with Crippen LogP contribution in [0.2, 0.25) is 0 Å². The molecule has 1 N–H and O–H groups in total. The quantitative estimate of drug-likeness (QED) is 0.714. The van der Waals surface area contributed by atoms with Gasteiger partial charge in [-0.1, -0.05) is 26.8 Å². The molecule has 1 amide bonds. The molecule has 10 heteroatoms. The van der Waals surface area contributed by atoms with Gasteiger partial charge in [0.25, 0.3) is 0 Å². The van der Waals surface area contributed by atoms with E-state index in [0.29, 0.717) is 19.0 Å². The van der Waals surface area contributed by atoms with E-state index in [-0.39, 0.29) is 23.3 Å². The molecule has 1 aromatic carbocycles. The molecule has 2 aromatic rings. The van der Waals surface area contributed by atoms with Crippen molar-refractivity contribution < 1.29 is 23.1 Å². The monoisotopic (exact) mass is 420 g/mol. The maximum absolute atomic E-state index is 13.3. The van der Waals surface area contributed by atoms with Crippen molar-refractivity contribution in [1.29, 1.82) is 0 Å². The van der Waals surface area contributed by atoms with Gasteiger partial charge in [-0.3, -0.25) is 9.36 Å². The summed E-state index contributed by atoms with van der Waals surface area (Å²) in [6.07, 6.45) is -4.31. The van der Waals surface area contributed by atoms with E-state index in [1.807, 2.05) is 0 Å². The van der Waals surface area contributed by atoms with Crippen molar-refractivity contribution >= 4 is 11.6 Å². The van der Waals surface area contributed by atoms with Crippen LogP contribution in [0.1, 0.15) is 50.5 Å². The second kappa shape index (κ2) is 6.14. The molecule has 2 atom stereocenters. The van der Waals surface area contributed by atoms with E-state index in [1.165, 1.54) is 10.6 Å². The summed E-state index contributed by atoms with van der Waals surface area (Å²) in [5.41, 5.74) is -3.04. The maximum Gasteiger partial charge on any atom is 0.407 e. The zero-order valence-electron chi connectivity index (χ0n) is 16.5. The fourth-order valence-electron chi connectivity index (χ4n) is 4.32. The van der Waals surface area contributed by atoms with Crippen molar-refractivity contribution in [1.82, 2.24) is 14.0 Å². The molecule has 7 nitrogen and oxygen atoms in total. The van der Waals surface area contributed by atoms with Gasteiger partial charge in [-0.25, -0.2) is 14.2 Å². The average molecular weight is 420 g/mol. The van der Waals surface area contributed by atoms with Gasteiger partial charge in [0.05, 0.1) is 29.9 Å². The molecule has 30 heavy (non-hydrogen) atoms. The topological polar surface area (TPSA) is 71.8 Å². The van der Waals surface area contributed by atoms with Crippen molar-refractivity contribution in [3.63, 3.8) is 0 Å². The highest BCUT2D eigenvalue weighted by atomic mass is 19.4. The lowest BCUT2D eigenvalue weighted by molar-refractivity contribution is -0.141. The normalized spacial score (nSPS) is 20.4. The molecule has 1 fully saturated rings. The van der Waals surface area contributed by atoms with Gasteiger partial charge in [-0.05, 0) is 18.6 Å². The van der Waals surface area contributed by atoms with Crippen molar-refractivity contribution in [3.8, 4) is 11.6 Å². The molecule has 1 aromatic heterocycles. The SMILES string of the molecule is [C-]#[N+]c1ccc(-n2c(O)c3n(c2=O)C2CC3N(C(=O)C(C)(C)C)C2)cc1C(F)(F)F. The number of fused-ring (bicyclic) bond motifs is 5. The number of hydrogen-bond acceptors (Lipinski definition) is 3. The Hall–Kier alpha value is -3.22. The number of carbonyl (C=O) groups is 1. The Morgan fingerprint density at radius 3 is 2.50 bits per heavy atom. The molecule has 2 bridgehead atoms. The van der Waals surface area contributed by atoms with Gasteiger partial charge in [0.15, 0.2) is 5.69 Å². The number of carbonyl (C=O) groups excluding carboxylic acids is 1. The molecule has 0 radical (unpaired) electrons. The van der Waals surface area contributed by atoms with Crippen LogP contribution in [0.25, 0.3) is 10.5 Å². The lowest BCUT2D eigenvalue weighted by Gasteiger charge is -2.32. The Kier molecular flexibility index (Phi) is 4.11. The van der Waals surface area contributed by atoms with Crippen LogP contribution < -0.4 is 5.69 Å². The standard InChI is InChI=1S/C20H19F3N4O3/c1-19(2,3)17(29)25-9-11-8-14(25)15-16(28)27(18(30)26(11)15)10-5-6-13(24-4)12(7-10)20(21,22)23/h5-7,11,14,28H,8-9H2,1-3H3. The zero-order valence-corrected chi connectivity index (χ0v) is 16.5. The fourth-order valence-corrected chi connectivity index (χ4v) is 4.32. The molecular weight excluding hydrogens is 401 g/mol. The van der Waals surface area contributed by atoms with Gasteiger partial charge >= 0.3 is 11.9 Å². The van der Waals surface area contributed by atoms with Crippen LogP contribution in [0, 0.1) is 12.0 Å². The van der Waals surface area contributed by atoms with Crippen molar-refractivity contribution in [2.75, 3.05) is 6.54 Å². The third-order valence-electron chi connectivity index (χ3n) is 5.62. The highest BCUT2D eigenvalue weighted by Gasteiger charge is 2.50. The minimum absolute atomic E-state index is 0.124. The number of halogens is 3. The Morgan fingerprint density at radius 1 is 1.27 bits per heavy atom. The van der Waals surface area contributed by atoms with Gasteiger partial charge < -0.3 is 10.0 Å². The molecule has 2 unspecified atom stereocenters. The number of benzene rings is 1. The van der Waals surface area contributed by atoms with Gasteiger partial charge in [0.2, 0.25) is 11.8 Å². The highest BCUT2D eigenvalue weighted by Crippen LogP contribution is 2.50. The maximum atomic E-state index is 13.3. The van der Waals surface area contributed by atoms with Crippen LogP contribution in [0.5, 0.6) is 5.88 Å². The highest BCUT2D eigenvalue weighted by molar-refractivity contribution is 5.82. The Morgan fingerprint density at radius 2 is 1.93 bits per heavy atom. The van der Waals surface area contributed by atoms with Gasteiger partial charge in [-0.2, -0.15) is 13.2 Å². The smallest absolute Gasteiger partial charge is 0.407 e. The van der Waals surface area contributed by atoms with E-state index in [1.54, 1.807) is 25.7 Å². The number of nitrogens with zero attached hydrogens (tertiary/aromatic N) is 4. The summed E-state index contributed by atoms with van der Waals surface area (Å²) in [5.74, 6) is -0.607. The molecular formula is C20H19F3N4O3. The summed E-state index contributed by atoms with van der Waals surface area (Å²) in [6.45, 7) is 12.6. The number of aromatic nitrogens is 2. The van der Waals surface area contributed by atoms with E-state index in [4.69, 9.17) is 6.57 Å². The van der Waals surface area contributed by atoms with E-state index in [2.05, 4.69) is 4.85 Å². The molecule has 2 aliphatic rings. The number of imidazole rings is 1. The number of hydrogen-bond donors (Lipinski definition) is 1. The summed E-state index contributed by atoms with van der Waals surface area (Å²) < 4.78 is 42.2. The summed E-state index contributed by atoms with van der Waals surface area (Å²) in [5, 5.41) is 10.8. The lowest BCUT2D eigenvalue weighted by Crippen LogP contribution is -2.43. The van der Waals surface area contributed by atoms with E-state index >= 15 is 0 Å². The van der Waals surface area contributed by atoms with Crippen molar-refractivity contribution in [2.45, 2.75) is 45.5 Å². The first-order valence-corrected chi connectivity index (χ1v) is 9.32. The van der Waals surface area contributed by atoms with Gasteiger partial charge in [0, 0.05) is 12.0 Å². The second-order valence-corrected chi connectivity index (χ2v) is 8.62. The fraction of sp³-hybridized carbons (Fsp3) is 0.450. The van der Waals surface area contributed by atoms with Crippen LogP contribution in [0.4, 0.5) is 18.9 Å². The molecule has 0 saturated carbocycles. The molecule has 0 aliphatic carbocycles. The summed E-state index contributed by atoms with van der Waals surface area (Å²) in [7, 11) is 0. The van der Waals surface area contributed by atoms with Crippen molar-refractivity contribution in [3.05, 3.63) is 51.4 Å². The molecule has 3 heterocycles. The van der Waals surface area contributed by atoms with Crippen LogP contribution in [0.15, 0.2) is 23.0 Å². The number of alkyl halides is 3. The Labute approximate surface area is 169 Å². The second-order valence-electron chi connectivity index (χ2n) is 8.62. The predicted molar refractivity (Wildman–Crippen MR) is 101 cm³/mol. The lowest BCUT2D eigenvalue weighted by atomic mass is 9.94. The van der Waals surface area contributed by atoms with Crippen LogP contribution in [0.3, 0.4) is 0 Å². The largest absolute Gasteiger partial charge is 0.493 e. The Balaban J connectivity index is 1.84. The number of aromatic hydroxyl groups is 1. The minimum Gasteiger partial charge on any atom is -0.493 e. The number of likely N-dealkylation sites (tertiary alicyclic amines) is 1. The van der Waals surface area contributed by atoms with Crippen LogP contribution >= 0.6 is 0 Å². The predicted octanol–water partition coefficient (Wildman–Crippen LogP) is 3.79. The van der Waals surface area contributed by atoms with Gasteiger partial charge in [0.1, 0.15) is 5.69 Å². The third-order valence-corrected chi connectivity index (χ3v) is 5.62. The summed E-state index contributed by atoms with van der Waals surface area (Å²) in [4.78, 5) is 30.2. The molecule has 0 spiro atoms. The minimum atomic E-state index is -4.79. The number of rotatable bonds is 1. The van der Waals surface area contributed by atoms with E-state index in [0.717, 1.165) is 10.6 Å². The van der Waals surface area contributed by atoms with E-state index < -0.39 is 40.5 Å². The zero-order chi connectivity index (χ0) is 22.2. The summed E-state index contributed by atoms with van der Waals surface area (Å²) >= 11 is 0. The Bertz CT molecular complexity index is 1160. The van der Waals surface area contributed by atoms with Gasteiger partial charge in [-0.15, -0.1) is 0 Å². The third kappa shape index (κ3) is 2.72. The molecule has 4 rings (SSSR count). The molecule has 2 aliphatic heterocycles. The summed E-state index contributed by atoms with van der Waals surface area (Å²) in [6, 6.07) is 1.99. The van der Waals surface area contributed by atoms with Crippen molar-refractivity contribution in [2.24, 2.45) is 5.41 Å². The van der Waals surface area contributed by atoms with Crippen LogP contribution in [-0.4, -0.2) is 31.6 Å². The van der Waals surface area contributed by atoms with E-state index in [9.17, 15) is 27.9 Å². The molecule has 1 saturated heterocycles. The molecule has 158 valence electrons. The average Bonchev–Trinajstić information content (AvgIpc) is 3.30. The number of amides is 1. The first-order valence-electron chi connectivity index (χ1n) is 9.32. The van der Waals surface area contributed by atoms with Crippen LogP contribution in [-0.2, 0) is 11.0 Å². The first-order chi connectivity index (χ1) is 13.9.